The molecule has 212 valence electrons. The first-order chi connectivity index (χ1) is 18.4. The number of azide groups is 1. The lowest BCUT2D eigenvalue weighted by molar-refractivity contribution is -0.146. The molecule has 1 aliphatic heterocycles. The Morgan fingerprint density at radius 2 is 2.00 bits per heavy atom. The number of nitrogens with one attached hydrogen (secondary N) is 2. The van der Waals surface area contributed by atoms with Gasteiger partial charge < -0.3 is 19.1 Å². The van der Waals surface area contributed by atoms with Crippen LogP contribution < -0.4 is 20.9 Å². The molecule has 0 spiro atoms. The van der Waals surface area contributed by atoms with E-state index in [1.165, 1.54) is 26.0 Å². The predicted molar refractivity (Wildman–Crippen MR) is 138 cm³/mol. The number of rotatable bonds is 12. The molecule has 1 aromatic carbocycles. The number of ether oxygens (including phenoxy) is 2. The normalized spacial score (nSPS) is 24.9. The molecule has 0 amide bonds. The van der Waals surface area contributed by atoms with Crippen molar-refractivity contribution in [2.45, 2.75) is 57.7 Å². The first-order valence-corrected chi connectivity index (χ1v) is 13.6. The summed E-state index contributed by atoms with van der Waals surface area (Å²) in [5, 5.41) is 17.2. The summed E-state index contributed by atoms with van der Waals surface area (Å²) in [5.41, 5.74) is 5.87. The minimum atomic E-state index is -4.30. The number of H-pyrrole nitrogens is 1. The van der Waals surface area contributed by atoms with Crippen molar-refractivity contribution in [2.75, 3.05) is 13.2 Å². The van der Waals surface area contributed by atoms with Crippen LogP contribution in [0, 0.1) is 5.92 Å². The van der Waals surface area contributed by atoms with Crippen molar-refractivity contribution in [1.29, 1.82) is 0 Å². The van der Waals surface area contributed by atoms with Gasteiger partial charge in [0.2, 0.25) is 0 Å². The molecule has 2 aromatic rings. The molecule has 0 aliphatic carbocycles. The zero-order chi connectivity index (χ0) is 28.8. The van der Waals surface area contributed by atoms with Gasteiger partial charge in [0, 0.05) is 17.2 Å². The molecule has 3 N–H and O–H groups in total. The van der Waals surface area contributed by atoms with Gasteiger partial charge in [-0.15, -0.1) is 0 Å². The molecule has 2 heterocycles. The maximum absolute atomic E-state index is 13.8. The number of carbonyl (C=O) groups excluding carboxylic acids is 1. The molecule has 16 heteroatoms. The quantitative estimate of drug-likeness (QED) is 0.112. The summed E-state index contributed by atoms with van der Waals surface area (Å²) < 4.78 is 36.9. The fraction of sp³-hybridized carbons (Fsp3) is 0.522. The zero-order valence-corrected chi connectivity index (χ0v) is 22.7. The van der Waals surface area contributed by atoms with Crippen LogP contribution in [0.2, 0.25) is 0 Å². The molecule has 0 saturated carbocycles. The van der Waals surface area contributed by atoms with Gasteiger partial charge in [0.1, 0.15) is 23.4 Å². The van der Waals surface area contributed by atoms with Gasteiger partial charge in [0.25, 0.3) is 5.56 Å². The van der Waals surface area contributed by atoms with E-state index in [2.05, 4.69) is 20.1 Å². The molecule has 0 bridgehead atoms. The molecule has 1 aromatic heterocycles. The number of hydrogen-bond acceptors (Lipinski definition) is 10. The number of benzene rings is 1. The topological polar surface area (TPSA) is 207 Å². The van der Waals surface area contributed by atoms with Gasteiger partial charge >= 0.3 is 19.4 Å². The van der Waals surface area contributed by atoms with Crippen molar-refractivity contribution in [2.24, 2.45) is 11.0 Å². The number of aliphatic hydroxyl groups is 1. The highest BCUT2D eigenvalue weighted by Gasteiger charge is 2.55. The molecular formula is C23H31N6O9P. The van der Waals surface area contributed by atoms with Gasteiger partial charge in [-0.05, 0) is 37.4 Å². The van der Waals surface area contributed by atoms with E-state index in [-0.39, 0.29) is 18.3 Å². The molecule has 6 atom stereocenters. The third kappa shape index (κ3) is 7.35. The van der Waals surface area contributed by atoms with Crippen LogP contribution in [0.15, 0.2) is 57.3 Å². The van der Waals surface area contributed by atoms with Crippen molar-refractivity contribution in [1.82, 2.24) is 14.6 Å². The van der Waals surface area contributed by atoms with Crippen molar-refractivity contribution in [3.63, 3.8) is 0 Å². The van der Waals surface area contributed by atoms with E-state index in [0.717, 1.165) is 16.8 Å². The second-order valence-electron chi connectivity index (χ2n) is 9.48. The monoisotopic (exact) mass is 566 g/mol. The van der Waals surface area contributed by atoms with E-state index in [4.69, 9.17) is 24.1 Å². The van der Waals surface area contributed by atoms with E-state index in [0.29, 0.717) is 0 Å². The van der Waals surface area contributed by atoms with Gasteiger partial charge in [-0.2, -0.15) is 5.09 Å². The van der Waals surface area contributed by atoms with Crippen LogP contribution in [0.3, 0.4) is 0 Å². The smallest absolute Gasteiger partial charge is 0.459 e. The van der Waals surface area contributed by atoms with Gasteiger partial charge in [0.05, 0.1) is 19.3 Å². The Balaban J connectivity index is 1.84. The highest BCUT2D eigenvalue weighted by Crippen LogP contribution is 2.47. The van der Waals surface area contributed by atoms with E-state index in [9.17, 15) is 24.1 Å². The number of carbonyl (C=O) groups is 1. The van der Waals surface area contributed by atoms with E-state index < -0.39 is 61.6 Å². The maximum atomic E-state index is 13.8. The lowest BCUT2D eigenvalue weighted by Gasteiger charge is -2.28. The number of aromatic amines is 1. The Bertz CT molecular complexity index is 1360. The average Bonchev–Trinajstić information content (AvgIpc) is 3.11. The summed E-state index contributed by atoms with van der Waals surface area (Å²) in [7, 11) is -4.30. The Kier molecular flexibility index (Phi) is 9.73. The number of aliphatic hydroxyl groups excluding tert-OH is 1. The number of para-hydroxylation sites is 1. The van der Waals surface area contributed by atoms with E-state index >= 15 is 0 Å². The largest absolute Gasteiger partial charge is 0.464 e. The molecule has 39 heavy (non-hydrogen) atoms. The van der Waals surface area contributed by atoms with Gasteiger partial charge in [-0.1, -0.05) is 37.2 Å². The Morgan fingerprint density at radius 3 is 2.62 bits per heavy atom. The number of aromatic nitrogens is 2. The molecule has 1 aliphatic rings. The molecule has 3 rings (SSSR count). The number of hydrogen-bond donors (Lipinski definition) is 3. The minimum Gasteiger partial charge on any atom is -0.464 e. The van der Waals surface area contributed by atoms with Crippen LogP contribution in [-0.2, 0) is 23.4 Å². The minimum absolute atomic E-state index is 0.0825. The van der Waals surface area contributed by atoms with Crippen LogP contribution in [0.1, 0.15) is 33.9 Å². The summed E-state index contributed by atoms with van der Waals surface area (Å²) in [4.78, 5) is 41.1. The Labute approximate surface area is 223 Å². The molecule has 15 nitrogen and oxygen atoms in total. The maximum Gasteiger partial charge on any atom is 0.459 e. The van der Waals surface area contributed by atoms with Crippen molar-refractivity contribution >= 4 is 13.7 Å². The summed E-state index contributed by atoms with van der Waals surface area (Å²) >= 11 is 0. The second kappa shape index (κ2) is 12.6. The number of nitrogens with zero attached hydrogens (tertiary/aromatic N) is 4. The third-order valence-corrected chi connectivity index (χ3v) is 7.40. The number of esters is 1. The fourth-order valence-electron chi connectivity index (χ4n) is 3.74. The highest BCUT2D eigenvalue weighted by molar-refractivity contribution is 7.52. The van der Waals surface area contributed by atoms with E-state index in [1.807, 2.05) is 13.8 Å². The lowest BCUT2D eigenvalue weighted by Crippen LogP contribution is -2.45. The van der Waals surface area contributed by atoms with Crippen molar-refractivity contribution < 1.29 is 33.0 Å². The standard InChI is InChI=1S/C23H31N6O9P/c1-14(2)12-35-20(32)15(3)26-39(34,38-16-8-6-5-7-9-16)36-13-17-19(31)23(4,27-28-24)21(37-17)29-11-10-18(30)25-22(29)33/h5-11,14-15,17,19,21,31H,12-13H2,1-4H3,(H,26,34)(H,25,30,33)/t15-,17+,19+,21-,23+,39?/m0/s1. The fourth-order valence-corrected chi connectivity index (χ4v) is 5.24. The van der Waals surface area contributed by atoms with Gasteiger partial charge in [-0.25, -0.2) is 9.36 Å². The summed E-state index contributed by atoms with van der Waals surface area (Å²) in [6.07, 6.45) is -3.05. The second-order valence-corrected chi connectivity index (χ2v) is 11.2. The Morgan fingerprint density at radius 1 is 1.31 bits per heavy atom. The summed E-state index contributed by atoms with van der Waals surface area (Å²) in [6.45, 7) is 6.08. The van der Waals surface area contributed by atoms with Gasteiger partial charge in [0.15, 0.2) is 6.23 Å². The van der Waals surface area contributed by atoms with Crippen LogP contribution in [0.25, 0.3) is 10.4 Å². The van der Waals surface area contributed by atoms with Crippen LogP contribution in [-0.4, -0.2) is 57.6 Å². The predicted octanol–water partition coefficient (Wildman–Crippen LogP) is 2.24. The van der Waals surface area contributed by atoms with Crippen molar-refractivity contribution in [3.8, 4) is 5.75 Å². The lowest BCUT2D eigenvalue weighted by atomic mass is 9.93. The van der Waals surface area contributed by atoms with Crippen LogP contribution in [0.5, 0.6) is 5.75 Å². The molecule has 1 unspecified atom stereocenters. The molecular weight excluding hydrogens is 535 g/mol. The van der Waals surface area contributed by atoms with Crippen LogP contribution >= 0.6 is 7.75 Å². The first kappa shape index (κ1) is 30.1. The summed E-state index contributed by atoms with van der Waals surface area (Å²) in [5.74, 6) is -0.436. The van der Waals surface area contributed by atoms with Gasteiger partial charge in [-0.3, -0.25) is 23.7 Å². The first-order valence-electron chi connectivity index (χ1n) is 12.0. The third-order valence-electron chi connectivity index (χ3n) is 5.76. The molecule has 0 radical (unpaired) electrons. The van der Waals surface area contributed by atoms with Crippen molar-refractivity contribution in [3.05, 3.63) is 73.9 Å². The molecule has 1 saturated heterocycles. The summed E-state index contributed by atoms with van der Waals surface area (Å²) in [6, 6.07) is 8.01. The SMILES string of the molecule is CC(C)COC(=O)[C@H](C)NP(=O)(OC[C@H]1O[C@H](n2ccc(=O)[nH]c2=O)[C@](C)(N=[N+]=[N-])[C@@H]1O)Oc1ccccc1. The molecule has 1 fully saturated rings. The average molecular weight is 567 g/mol. The van der Waals surface area contributed by atoms with E-state index in [1.54, 1.807) is 18.2 Å². The van der Waals surface area contributed by atoms with Crippen LogP contribution in [0.4, 0.5) is 0 Å². The zero-order valence-electron chi connectivity index (χ0n) is 21.8. The highest BCUT2D eigenvalue weighted by atomic mass is 31.2. The Hall–Kier alpha value is -3.45.